The summed E-state index contributed by atoms with van der Waals surface area (Å²) in [5.74, 6) is 0.227. The van der Waals surface area contributed by atoms with Crippen LogP contribution in [0.2, 0.25) is 0 Å². The maximum atomic E-state index is 12.1. The predicted octanol–water partition coefficient (Wildman–Crippen LogP) is 0.125. The van der Waals surface area contributed by atoms with Crippen LogP contribution in [-0.4, -0.2) is 57.7 Å². The molecule has 5 atom stereocenters. The Morgan fingerprint density at radius 1 is 0.926 bits per heavy atom. The van der Waals surface area contributed by atoms with Gasteiger partial charge in [0, 0.05) is 11.5 Å². The van der Waals surface area contributed by atoms with Crippen molar-refractivity contribution in [2.45, 2.75) is 30.7 Å². The predicted molar refractivity (Wildman–Crippen MR) is 94.4 cm³/mol. The fourth-order valence-electron chi connectivity index (χ4n) is 3.23. The molecule has 4 N–H and O–H groups in total. The smallest absolute Gasteiger partial charge is 0.344 e. The first-order valence-corrected chi connectivity index (χ1v) is 8.42. The van der Waals surface area contributed by atoms with Crippen LogP contribution in [0.3, 0.4) is 0 Å². The number of benzene rings is 2. The van der Waals surface area contributed by atoms with Gasteiger partial charge in [0.05, 0.1) is 12.0 Å². The minimum Gasteiger partial charge on any atom is -0.462 e. The van der Waals surface area contributed by atoms with Crippen molar-refractivity contribution in [2.75, 3.05) is 6.61 Å². The fraction of sp³-hybridized carbons (Fsp3) is 0.316. The van der Waals surface area contributed by atoms with Crippen molar-refractivity contribution in [3.05, 3.63) is 52.9 Å². The first kappa shape index (κ1) is 17.9. The first-order chi connectivity index (χ1) is 13.0. The molecule has 0 amide bonds. The maximum absolute atomic E-state index is 12.1. The molecule has 1 aromatic heterocycles. The van der Waals surface area contributed by atoms with Crippen molar-refractivity contribution in [1.82, 2.24) is 0 Å². The molecule has 1 saturated heterocycles. The van der Waals surface area contributed by atoms with E-state index >= 15 is 0 Å². The monoisotopic (exact) mass is 374 g/mol. The molecule has 142 valence electrons. The molecule has 0 aliphatic carbocycles. The molecular formula is C19H18O8. The Labute approximate surface area is 152 Å². The van der Waals surface area contributed by atoms with Crippen molar-refractivity contribution in [1.29, 1.82) is 0 Å². The summed E-state index contributed by atoms with van der Waals surface area (Å²) in [6.07, 6.45) is -6.92. The molecule has 0 radical (unpaired) electrons. The van der Waals surface area contributed by atoms with Crippen molar-refractivity contribution >= 4 is 21.7 Å². The maximum Gasteiger partial charge on any atom is 0.344 e. The minimum atomic E-state index is -1.54. The van der Waals surface area contributed by atoms with Crippen LogP contribution in [0.25, 0.3) is 21.7 Å². The summed E-state index contributed by atoms with van der Waals surface area (Å²) in [6.45, 7) is -0.552. The van der Waals surface area contributed by atoms with Crippen LogP contribution >= 0.6 is 0 Å². The summed E-state index contributed by atoms with van der Waals surface area (Å²) in [4.78, 5) is 12.1. The van der Waals surface area contributed by atoms with E-state index < -0.39 is 42.9 Å². The Morgan fingerprint density at radius 3 is 2.41 bits per heavy atom. The largest absolute Gasteiger partial charge is 0.462 e. The average molecular weight is 374 g/mol. The number of aliphatic hydroxyl groups is 4. The van der Waals surface area contributed by atoms with Gasteiger partial charge in [0.2, 0.25) is 6.29 Å². The van der Waals surface area contributed by atoms with E-state index in [1.165, 1.54) is 6.07 Å². The second kappa shape index (κ2) is 6.91. The molecule has 2 aromatic carbocycles. The van der Waals surface area contributed by atoms with Gasteiger partial charge in [0.15, 0.2) is 0 Å². The second-order valence-electron chi connectivity index (χ2n) is 6.41. The van der Waals surface area contributed by atoms with Crippen LogP contribution in [0.15, 0.2) is 51.7 Å². The highest BCUT2D eigenvalue weighted by atomic mass is 16.7. The van der Waals surface area contributed by atoms with E-state index in [4.69, 9.17) is 13.9 Å². The summed E-state index contributed by atoms with van der Waals surface area (Å²) in [6, 6.07) is 11.9. The Bertz CT molecular complexity index is 1030. The van der Waals surface area contributed by atoms with Crippen LogP contribution in [-0.2, 0) is 4.74 Å². The van der Waals surface area contributed by atoms with Crippen LogP contribution < -0.4 is 10.4 Å². The van der Waals surface area contributed by atoms with Gasteiger partial charge in [-0.3, -0.25) is 0 Å². The van der Waals surface area contributed by atoms with E-state index in [0.29, 0.717) is 16.4 Å². The Hall–Kier alpha value is -2.49. The van der Waals surface area contributed by atoms with Gasteiger partial charge in [-0.1, -0.05) is 18.2 Å². The Kier molecular flexibility index (Phi) is 4.58. The highest BCUT2D eigenvalue weighted by molar-refractivity contribution is 6.04. The highest BCUT2D eigenvalue weighted by Crippen LogP contribution is 2.29. The molecule has 4 rings (SSSR count). The van der Waals surface area contributed by atoms with Gasteiger partial charge in [0.1, 0.15) is 35.7 Å². The molecule has 27 heavy (non-hydrogen) atoms. The van der Waals surface area contributed by atoms with E-state index in [9.17, 15) is 25.2 Å². The second-order valence-corrected chi connectivity index (χ2v) is 6.41. The van der Waals surface area contributed by atoms with Crippen molar-refractivity contribution in [3.8, 4) is 5.75 Å². The normalized spacial score (nSPS) is 28.5. The van der Waals surface area contributed by atoms with Gasteiger partial charge >= 0.3 is 5.63 Å². The van der Waals surface area contributed by atoms with Gasteiger partial charge < -0.3 is 34.3 Å². The topological polar surface area (TPSA) is 130 Å². The third kappa shape index (κ3) is 3.07. The molecular weight excluding hydrogens is 356 g/mol. The molecule has 1 fully saturated rings. The van der Waals surface area contributed by atoms with Crippen LogP contribution in [0.5, 0.6) is 5.75 Å². The Balaban J connectivity index is 1.68. The SMILES string of the molecule is O=c1oc2cc(OC3OC(CO)C(O)C(O)C3O)ccc2c2ccccc12. The third-order valence-electron chi connectivity index (χ3n) is 4.69. The summed E-state index contributed by atoms with van der Waals surface area (Å²) in [7, 11) is 0. The van der Waals surface area contributed by atoms with E-state index in [1.54, 1.807) is 24.3 Å². The van der Waals surface area contributed by atoms with Gasteiger partial charge in [-0.25, -0.2) is 4.79 Å². The first-order valence-electron chi connectivity index (χ1n) is 8.42. The Morgan fingerprint density at radius 2 is 1.67 bits per heavy atom. The number of rotatable bonds is 3. The van der Waals surface area contributed by atoms with E-state index in [1.807, 2.05) is 12.1 Å². The molecule has 1 aliphatic rings. The van der Waals surface area contributed by atoms with Gasteiger partial charge in [-0.05, 0) is 23.6 Å². The number of fused-ring (bicyclic) bond motifs is 3. The van der Waals surface area contributed by atoms with Crippen molar-refractivity contribution < 1.29 is 34.3 Å². The van der Waals surface area contributed by atoms with E-state index in [0.717, 1.165) is 5.39 Å². The van der Waals surface area contributed by atoms with Crippen LogP contribution in [0.1, 0.15) is 0 Å². The molecule has 5 unspecified atom stereocenters. The van der Waals surface area contributed by atoms with E-state index in [2.05, 4.69) is 0 Å². The minimum absolute atomic E-state index is 0.227. The van der Waals surface area contributed by atoms with Gasteiger partial charge in [0.25, 0.3) is 0 Å². The lowest BCUT2D eigenvalue weighted by Crippen LogP contribution is -2.60. The van der Waals surface area contributed by atoms with Crippen molar-refractivity contribution in [3.63, 3.8) is 0 Å². The molecule has 3 aromatic rings. The average Bonchev–Trinajstić information content (AvgIpc) is 2.68. The van der Waals surface area contributed by atoms with E-state index in [-0.39, 0.29) is 5.75 Å². The molecule has 0 bridgehead atoms. The zero-order chi connectivity index (χ0) is 19.1. The number of hydrogen-bond donors (Lipinski definition) is 4. The lowest BCUT2D eigenvalue weighted by atomic mass is 9.99. The summed E-state index contributed by atoms with van der Waals surface area (Å²) in [5, 5.41) is 40.9. The van der Waals surface area contributed by atoms with Crippen molar-refractivity contribution in [2.24, 2.45) is 0 Å². The molecule has 0 saturated carbocycles. The standard InChI is InChI=1S/C19H18O8/c20-8-14-15(21)16(22)17(23)19(27-14)25-9-5-6-11-10-3-1-2-4-12(10)18(24)26-13(11)7-9/h1-7,14-17,19-23H,8H2. The number of hydrogen-bond acceptors (Lipinski definition) is 8. The fourth-order valence-corrected chi connectivity index (χ4v) is 3.23. The zero-order valence-corrected chi connectivity index (χ0v) is 14.1. The molecule has 0 spiro atoms. The molecule has 8 nitrogen and oxygen atoms in total. The molecule has 2 heterocycles. The lowest BCUT2D eigenvalue weighted by Gasteiger charge is -2.39. The van der Waals surface area contributed by atoms with Crippen LogP contribution in [0, 0.1) is 0 Å². The van der Waals surface area contributed by atoms with Gasteiger partial charge in [-0.15, -0.1) is 0 Å². The quantitative estimate of drug-likeness (QED) is 0.376. The number of aliphatic hydroxyl groups excluding tert-OH is 4. The summed E-state index contributed by atoms with van der Waals surface area (Å²) < 4.78 is 16.2. The summed E-state index contributed by atoms with van der Waals surface area (Å²) >= 11 is 0. The zero-order valence-electron chi connectivity index (χ0n) is 14.1. The lowest BCUT2D eigenvalue weighted by molar-refractivity contribution is -0.277. The van der Waals surface area contributed by atoms with Gasteiger partial charge in [-0.2, -0.15) is 0 Å². The summed E-state index contributed by atoms with van der Waals surface area (Å²) in [5.41, 5.74) is -0.191. The number of ether oxygens (including phenoxy) is 2. The molecule has 8 heteroatoms. The molecule has 1 aliphatic heterocycles. The highest BCUT2D eigenvalue weighted by Gasteiger charge is 2.44. The van der Waals surface area contributed by atoms with Crippen LogP contribution in [0.4, 0.5) is 0 Å². The third-order valence-corrected chi connectivity index (χ3v) is 4.69.